The Bertz CT molecular complexity index is 1220. The van der Waals surface area contributed by atoms with Crippen molar-refractivity contribution in [2.75, 3.05) is 12.4 Å². The van der Waals surface area contributed by atoms with Gasteiger partial charge in [-0.1, -0.05) is 42.5 Å². The predicted molar refractivity (Wildman–Crippen MR) is 116 cm³/mol. The maximum atomic E-state index is 13.0. The van der Waals surface area contributed by atoms with E-state index in [4.69, 9.17) is 9.15 Å². The highest BCUT2D eigenvalue weighted by molar-refractivity contribution is 6.11. The maximum Gasteiger partial charge on any atom is 0.228 e. The topological polar surface area (TPSA) is 68.5 Å². The summed E-state index contributed by atoms with van der Waals surface area (Å²) >= 11 is 0. The number of ketones is 1. The minimum absolute atomic E-state index is 0.114. The SMILES string of the molecule is COc1cccc(C(=O)c2oc3cc(NC(=O)Cc4ccccc4)ccc3c2C)c1. The molecule has 30 heavy (non-hydrogen) atoms. The molecule has 0 spiro atoms. The van der Waals surface area contributed by atoms with Crippen LogP contribution in [0.3, 0.4) is 0 Å². The zero-order valence-electron chi connectivity index (χ0n) is 16.8. The second-order valence-electron chi connectivity index (χ2n) is 7.04. The molecule has 0 unspecified atom stereocenters. The summed E-state index contributed by atoms with van der Waals surface area (Å²) in [6.45, 7) is 1.85. The van der Waals surface area contributed by atoms with Crippen molar-refractivity contribution in [2.24, 2.45) is 0 Å². The van der Waals surface area contributed by atoms with E-state index in [-0.39, 0.29) is 23.9 Å². The molecule has 3 aromatic carbocycles. The van der Waals surface area contributed by atoms with Gasteiger partial charge in [-0.05, 0) is 36.8 Å². The molecule has 1 N–H and O–H groups in total. The van der Waals surface area contributed by atoms with E-state index in [1.54, 1.807) is 37.4 Å². The molecule has 0 aliphatic carbocycles. The van der Waals surface area contributed by atoms with Gasteiger partial charge in [-0.2, -0.15) is 0 Å². The Morgan fingerprint density at radius 3 is 2.53 bits per heavy atom. The number of anilines is 1. The third kappa shape index (κ3) is 3.96. The van der Waals surface area contributed by atoms with Crippen LogP contribution in [0.4, 0.5) is 5.69 Å². The number of carbonyl (C=O) groups excluding carboxylic acids is 2. The second kappa shape index (κ2) is 8.25. The lowest BCUT2D eigenvalue weighted by atomic mass is 10.0. The van der Waals surface area contributed by atoms with Gasteiger partial charge in [0, 0.05) is 28.3 Å². The Kier molecular flexibility index (Phi) is 5.35. The molecule has 0 bridgehead atoms. The Hall–Kier alpha value is -3.86. The number of aryl methyl sites for hydroxylation is 1. The molecule has 1 heterocycles. The average Bonchev–Trinajstić information content (AvgIpc) is 3.09. The van der Waals surface area contributed by atoms with E-state index in [0.29, 0.717) is 22.6 Å². The van der Waals surface area contributed by atoms with Crippen molar-refractivity contribution in [1.82, 2.24) is 0 Å². The zero-order valence-corrected chi connectivity index (χ0v) is 16.8. The van der Waals surface area contributed by atoms with Crippen LogP contribution < -0.4 is 10.1 Å². The molecule has 0 saturated heterocycles. The lowest BCUT2D eigenvalue weighted by Gasteiger charge is -2.05. The van der Waals surface area contributed by atoms with E-state index in [2.05, 4.69) is 5.32 Å². The first-order valence-electron chi connectivity index (χ1n) is 9.61. The van der Waals surface area contributed by atoms with Gasteiger partial charge in [0.2, 0.25) is 11.7 Å². The Morgan fingerprint density at radius 1 is 0.967 bits per heavy atom. The molecule has 0 aliphatic rings. The molecule has 1 aromatic heterocycles. The molecule has 4 aromatic rings. The third-order valence-electron chi connectivity index (χ3n) is 4.97. The van der Waals surface area contributed by atoms with Gasteiger partial charge in [0.25, 0.3) is 0 Å². The van der Waals surface area contributed by atoms with Crippen molar-refractivity contribution in [2.45, 2.75) is 13.3 Å². The quantitative estimate of drug-likeness (QED) is 0.455. The first-order valence-corrected chi connectivity index (χ1v) is 9.61. The summed E-state index contributed by atoms with van der Waals surface area (Å²) in [6.07, 6.45) is 0.287. The van der Waals surface area contributed by atoms with Crippen molar-refractivity contribution in [3.8, 4) is 5.75 Å². The summed E-state index contributed by atoms with van der Waals surface area (Å²) in [7, 11) is 1.56. The number of methoxy groups -OCH3 is 1. The molecule has 1 amide bonds. The van der Waals surface area contributed by atoms with Crippen LogP contribution in [-0.4, -0.2) is 18.8 Å². The highest BCUT2D eigenvalue weighted by atomic mass is 16.5. The van der Waals surface area contributed by atoms with Crippen LogP contribution in [-0.2, 0) is 11.2 Å². The molecule has 0 aliphatic heterocycles. The predicted octanol–water partition coefficient (Wildman–Crippen LogP) is 5.16. The van der Waals surface area contributed by atoms with Gasteiger partial charge in [0.15, 0.2) is 5.76 Å². The van der Waals surface area contributed by atoms with Crippen molar-refractivity contribution < 1.29 is 18.7 Å². The molecule has 0 radical (unpaired) electrons. The number of fused-ring (bicyclic) bond motifs is 1. The standard InChI is InChI=1S/C25H21NO4/c1-16-21-12-11-19(26-23(27)13-17-7-4-3-5-8-17)15-22(21)30-25(16)24(28)18-9-6-10-20(14-18)29-2/h3-12,14-15H,13H2,1-2H3,(H,26,27). The van der Waals surface area contributed by atoms with E-state index in [9.17, 15) is 9.59 Å². The smallest absolute Gasteiger partial charge is 0.228 e. The maximum absolute atomic E-state index is 13.0. The number of rotatable bonds is 6. The normalized spacial score (nSPS) is 10.7. The van der Waals surface area contributed by atoms with Gasteiger partial charge in [0.1, 0.15) is 11.3 Å². The van der Waals surface area contributed by atoms with Gasteiger partial charge in [-0.25, -0.2) is 0 Å². The minimum atomic E-state index is -0.211. The van der Waals surface area contributed by atoms with E-state index in [1.807, 2.05) is 49.4 Å². The molecule has 5 heteroatoms. The van der Waals surface area contributed by atoms with Crippen molar-refractivity contribution in [1.29, 1.82) is 0 Å². The van der Waals surface area contributed by atoms with E-state index in [1.165, 1.54) is 0 Å². The number of nitrogens with one attached hydrogen (secondary N) is 1. The van der Waals surface area contributed by atoms with Crippen LogP contribution in [0.5, 0.6) is 5.75 Å². The van der Waals surface area contributed by atoms with E-state index < -0.39 is 0 Å². The summed E-state index contributed by atoms with van der Waals surface area (Å²) in [5.41, 5.74) is 3.37. The Morgan fingerprint density at radius 2 is 1.77 bits per heavy atom. The van der Waals surface area contributed by atoms with Crippen LogP contribution in [0.2, 0.25) is 0 Å². The molecular weight excluding hydrogens is 378 g/mol. The van der Waals surface area contributed by atoms with Crippen LogP contribution in [0.1, 0.15) is 27.2 Å². The number of carbonyl (C=O) groups is 2. The molecule has 4 rings (SSSR count). The highest BCUT2D eigenvalue weighted by Gasteiger charge is 2.20. The van der Waals surface area contributed by atoms with Crippen LogP contribution in [0, 0.1) is 6.92 Å². The third-order valence-corrected chi connectivity index (χ3v) is 4.97. The fourth-order valence-corrected chi connectivity index (χ4v) is 3.40. The summed E-state index contributed by atoms with van der Waals surface area (Å²) in [5.74, 6) is 0.567. The number of benzene rings is 3. The molecule has 150 valence electrons. The number of amides is 1. The monoisotopic (exact) mass is 399 g/mol. The lowest BCUT2D eigenvalue weighted by Crippen LogP contribution is -2.14. The largest absolute Gasteiger partial charge is 0.497 e. The number of furan rings is 1. The summed E-state index contributed by atoms with van der Waals surface area (Å²) in [6, 6.07) is 21.9. The van der Waals surface area contributed by atoms with E-state index in [0.717, 1.165) is 16.5 Å². The fraction of sp³-hybridized carbons (Fsp3) is 0.120. The number of ether oxygens (including phenoxy) is 1. The second-order valence-corrected chi connectivity index (χ2v) is 7.04. The first kappa shape index (κ1) is 19.5. The Balaban J connectivity index is 1.58. The minimum Gasteiger partial charge on any atom is -0.497 e. The van der Waals surface area contributed by atoms with Crippen molar-refractivity contribution >= 4 is 28.3 Å². The van der Waals surface area contributed by atoms with Gasteiger partial charge >= 0.3 is 0 Å². The van der Waals surface area contributed by atoms with Gasteiger partial charge in [-0.15, -0.1) is 0 Å². The highest BCUT2D eigenvalue weighted by Crippen LogP contribution is 2.30. The van der Waals surface area contributed by atoms with Gasteiger partial charge in [-0.3, -0.25) is 9.59 Å². The first-order chi connectivity index (χ1) is 14.5. The van der Waals surface area contributed by atoms with Crippen molar-refractivity contribution in [3.63, 3.8) is 0 Å². The van der Waals surface area contributed by atoms with Crippen LogP contribution in [0.15, 0.2) is 77.2 Å². The Labute approximate surface area is 174 Å². The van der Waals surface area contributed by atoms with Gasteiger partial charge in [0.05, 0.1) is 13.5 Å². The zero-order chi connectivity index (χ0) is 21.1. The summed E-state index contributed by atoms with van der Waals surface area (Å²) in [5, 5.41) is 3.72. The molecule has 0 atom stereocenters. The molecule has 5 nitrogen and oxygen atoms in total. The summed E-state index contributed by atoms with van der Waals surface area (Å²) in [4.78, 5) is 25.3. The fourth-order valence-electron chi connectivity index (χ4n) is 3.40. The molecular formula is C25H21NO4. The average molecular weight is 399 g/mol. The van der Waals surface area contributed by atoms with E-state index >= 15 is 0 Å². The molecule has 0 saturated carbocycles. The lowest BCUT2D eigenvalue weighted by molar-refractivity contribution is -0.115. The molecule has 0 fully saturated rings. The van der Waals surface area contributed by atoms with Crippen molar-refractivity contribution in [3.05, 3.63) is 95.2 Å². The van der Waals surface area contributed by atoms with Crippen LogP contribution in [0.25, 0.3) is 11.0 Å². The van der Waals surface area contributed by atoms with Gasteiger partial charge < -0.3 is 14.5 Å². The van der Waals surface area contributed by atoms with Crippen LogP contribution >= 0.6 is 0 Å². The summed E-state index contributed by atoms with van der Waals surface area (Å²) < 4.78 is 11.1. The number of hydrogen-bond donors (Lipinski definition) is 1. The number of hydrogen-bond acceptors (Lipinski definition) is 4.